The normalized spacial score (nSPS) is 11.2. The van der Waals surface area contributed by atoms with Gasteiger partial charge in [-0.1, -0.05) is 119 Å². The zero-order chi connectivity index (χ0) is 85.9. The van der Waals surface area contributed by atoms with E-state index >= 15 is 0 Å². The average molecular weight is 1940 g/mol. The topological polar surface area (TPSA) is 370 Å². The second kappa shape index (κ2) is 44.7. The number of aromatic amines is 1. The van der Waals surface area contributed by atoms with Gasteiger partial charge in [-0.2, -0.15) is 10.1 Å². The summed E-state index contributed by atoms with van der Waals surface area (Å²) in [6.45, 7) is 28.4. The minimum Gasteiger partial charge on any atom is -0.423 e. The van der Waals surface area contributed by atoms with Gasteiger partial charge in [0.25, 0.3) is 23.6 Å². The molecule has 7 N–H and O–H groups in total. The maximum absolute atomic E-state index is 12.3. The van der Waals surface area contributed by atoms with Gasteiger partial charge in [-0.15, -0.1) is 60.6 Å². The van der Waals surface area contributed by atoms with E-state index in [4.69, 9.17) is 34.3 Å². The van der Waals surface area contributed by atoms with Crippen molar-refractivity contribution in [2.75, 3.05) is 41.1 Å². The van der Waals surface area contributed by atoms with E-state index in [1.165, 1.54) is 63.5 Å². The summed E-state index contributed by atoms with van der Waals surface area (Å²) in [5, 5.41) is 56.3. The zero-order valence-corrected chi connectivity index (χ0v) is 78.7. The van der Waals surface area contributed by atoms with E-state index in [-0.39, 0.29) is 23.6 Å². The van der Waals surface area contributed by atoms with Crippen LogP contribution in [0.3, 0.4) is 0 Å². The lowest BCUT2D eigenvalue weighted by Crippen LogP contribution is -2.29. The standard InChI is InChI=1S/C25H29N5O2SSi.C19H15N5OS.C18H22BrN5O2SSi.C10H9BN2O3S.C8H15Br2N3OSi/c1-18-6-5-7-20(14-18)23-28-24(30(29-23)17-32-12-13-34(2,3)4)19-8-10-21(11-9-19)27-25(31)22-15-33-16-26-22;1-12-3-2-4-14(9-12)18-22-17(23-24-18)13-5-7-15(8-6-13)21-19(25)16-10-26-11-20-16;1-28(2,3)9-8-26-12-24-16(22-18(19)23-24)13-4-6-14(7-5-13)21-17(25)15-10-27-11-20-15;14-10(9-5-17-6-12-9)13-8-3-1-7(2-4-8)11(15)16;1-15(2,3)5-4-14-6-13-8(10)11-7(9)12-13/h5-11,14-16H,12-13,17H2,1-4H3,(H,27,31);2-11H,1H3,(H,21,25)(H,22,23,24);4-7,10-11H,8-9,12H2,1-3H3,(H,21,25);1-6,15-16H,(H,13,14);4-6H2,1-3H3. The van der Waals surface area contributed by atoms with Crippen molar-refractivity contribution in [2.45, 2.75) is 111 Å². The Labute approximate surface area is 739 Å². The number of halogens is 3. The van der Waals surface area contributed by atoms with Crippen molar-refractivity contribution in [1.82, 2.24) is 79.4 Å². The van der Waals surface area contributed by atoms with Crippen molar-refractivity contribution in [3.8, 4) is 56.9 Å². The summed E-state index contributed by atoms with van der Waals surface area (Å²) in [5.74, 6) is 2.46. The van der Waals surface area contributed by atoms with Gasteiger partial charge in [0, 0.05) is 116 Å². The fourth-order valence-corrected chi connectivity index (χ4v) is 16.1. The van der Waals surface area contributed by atoms with Gasteiger partial charge in [-0.05, 0) is 182 Å². The number of aromatic nitrogens is 16. The number of aryl methyl sites for hydroxylation is 2. The van der Waals surface area contributed by atoms with Gasteiger partial charge in [-0.3, -0.25) is 24.3 Å². The fraction of sp³-hybridized carbons (Fsp3) is 0.250. The molecule has 0 fully saturated rings. The summed E-state index contributed by atoms with van der Waals surface area (Å²) < 4.78 is 24.3. The van der Waals surface area contributed by atoms with Crippen molar-refractivity contribution in [2.24, 2.45) is 0 Å². The van der Waals surface area contributed by atoms with Crippen LogP contribution in [0.5, 0.6) is 0 Å². The van der Waals surface area contributed by atoms with Gasteiger partial charge < -0.3 is 45.5 Å². The van der Waals surface area contributed by atoms with Crippen LogP contribution in [-0.2, 0) is 34.4 Å². The second-order valence-electron chi connectivity index (χ2n) is 30.4. The van der Waals surface area contributed by atoms with Crippen LogP contribution in [-0.4, -0.2) is 164 Å². The van der Waals surface area contributed by atoms with Gasteiger partial charge in [0.15, 0.2) is 33.9 Å². The van der Waals surface area contributed by atoms with Crippen LogP contribution in [0.15, 0.2) is 203 Å². The highest BCUT2D eigenvalue weighted by Gasteiger charge is 2.21. The largest absolute Gasteiger partial charge is 0.488 e. The third kappa shape index (κ3) is 30.1. The number of benzene rings is 6. The van der Waals surface area contributed by atoms with E-state index in [0.717, 1.165) is 63.5 Å². The number of anilines is 4. The van der Waals surface area contributed by atoms with E-state index in [1.54, 1.807) is 65.1 Å². The first kappa shape index (κ1) is 92.5. The smallest absolute Gasteiger partial charge is 0.423 e. The molecule has 0 aliphatic rings. The van der Waals surface area contributed by atoms with Crippen LogP contribution in [0.25, 0.3) is 56.9 Å². The maximum atomic E-state index is 12.3. The van der Waals surface area contributed by atoms with Crippen molar-refractivity contribution in [3.05, 3.63) is 237 Å². The molecule has 0 spiro atoms. The van der Waals surface area contributed by atoms with Crippen LogP contribution in [0.1, 0.15) is 53.1 Å². The van der Waals surface area contributed by atoms with Crippen LogP contribution in [0, 0.1) is 13.8 Å². The lowest BCUT2D eigenvalue weighted by Gasteiger charge is -2.15. The molecule has 0 bridgehead atoms. The fourth-order valence-electron chi connectivity index (χ4n) is 10.4. The molecule has 8 heterocycles. The minimum atomic E-state index is -1.50. The number of nitrogens with zero attached hydrogens (tertiary/aromatic N) is 15. The Morgan fingerprint density at radius 2 is 0.775 bits per heavy atom. The summed E-state index contributed by atoms with van der Waals surface area (Å²) in [4.78, 5) is 81.9. The molecule has 4 amide bonds. The summed E-state index contributed by atoms with van der Waals surface area (Å²) in [5.41, 5.74) is 18.0. The molecule has 0 aliphatic carbocycles. The minimum absolute atomic E-state index is 0.222. The van der Waals surface area contributed by atoms with Gasteiger partial charge in [0.05, 0.1) is 22.0 Å². The van der Waals surface area contributed by atoms with E-state index in [1.807, 2.05) is 121 Å². The average Bonchev–Trinajstić information content (AvgIpc) is 1.66. The number of carbonyl (C=O) groups excluding carboxylic acids is 4. The Bertz CT molecular complexity index is 5560. The van der Waals surface area contributed by atoms with Crippen LogP contribution in [0.2, 0.25) is 77.1 Å². The van der Waals surface area contributed by atoms with E-state index in [0.29, 0.717) is 122 Å². The number of ether oxygens (including phenoxy) is 3. The molecule has 0 aliphatic heterocycles. The molecular weight excluding hydrogens is 1850 g/mol. The Balaban J connectivity index is 0.000000162. The van der Waals surface area contributed by atoms with Crippen molar-refractivity contribution >= 4 is 176 Å². The van der Waals surface area contributed by atoms with Crippen LogP contribution < -0.4 is 26.7 Å². The molecule has 14 aromatic rings. The summed E-state index contributed by atoms with van der Waals surface area (Å²) in [6.07, 6.45) is 0. The number of amides is 4. The highest BCUT2D eigenvalue weighted by atomic mass is 79.9. The number of carbonyl (C=O) groups is 4. The third-order valence-corrected chi connectivity index (χ3v) is 25.6. The van der Waals surface area contributed by atoms with Gasteiger partial charge >= 0.3 is 7.12 Å². The Morgan fingerprint density at radius 1 is 0.425 bits per heavy atom. The number of hydrogen-bond acceptors (Lipinski definition) is 25. The second-order valence-corrected chi connectivity index (χ2v) is 52.3. The first-order chi connectivity index (χ1) is 57.3. The molecule has 0 radical (unpaired) electrons. The predicted octanol–water partition coefficient (Wildman–Crippen LogP) is 18.0. The molecule has 0 saturated carbocycles. The molecule has 8 aromatic heterocycles. The molecule has 14 rings (SSSR count). The van der Waals surface area contributed by atoms with Gasteiger partial charge in [-0.25, -0.2) is 48.9 Å². The van der Waals surface area contributed by atoms with Crippen molar-refractivity contribution < 1.29 is 43.4 Å². The highest BCUT2D eigenvalue weighted by Crippen LogP contribution is 2.29. The molecule has 6 aromatic carbocycles. The highest BCUT2D eigenvalue weighted by molar-refractivity contribution is 9.11. The molecule has 0 unspecified atom stereocenters. The first-order valence-corrected chi connectivity index (χ1v) is 54.8. The number of H-pyrrole nitrogens is 1. The van der Waals surface area contributed by atoms with Gasteiger partial charge in [0.2, 0.25) is 9.47 Å². The molecule has 0 saturated heterocycles. The van der Waals surface area contributed by atoms with E-state index < -0.39 is 31.3 Å². The molecule has 120 heavy (non-hydrogen) atoms. The maximum Gasteiger partial charge on any atom is 0.488 e. The summed E-state index contributed by atoms with van der Waals surface area (Å²) >= 11 is 15.3. The Kier molecular flexibility index (Phi) is 34.4. The molecule has 624 valence electrons. The van der Waals surface area contributed by atoms with Crippen molar-refractivity contribution in [1.29, 1.82) is 0 Å². The summed E-state index contributed by atoms with van der Waals surface area (Å²) in [6, 6.07) is 48.3. The molecule has 29 nitrogen and oxygen atoms in total. The summed E-state index contributed by atoms with van der Waals surface area (Å²) in [7, 11) is -4.80. The number of hydrogen-bond donors (Lipinski definition) is 7. The molecule has 0 atom stereocenters. The number of nitrogens with one attached hydrogen (secondary N) is 5. The third-order valence-electron chi connectivity index (χ3n) is 16.9. The lowest BCUT2D eigenvalue weighted by molar-refractivity contribution is 0.0764. The predicted molar refractivity (Wildman–Crippen MR) is 495 cm³/mol. The van der Waals surface area contributed by atoms with Crippen LogP contribution in [0.4, 0.5) is 22.7 Å². The van der Waals surface area contributed by atoms with Gasteiger partial charge in [0.1, 0.15) is 43.0 Å². The van der Waals surface area contributed by atoms with Crippen molar-refractivity contribution in [3.63, 3.8) is 0 Å². The zero-order valence-electron chi connectivity index (χ0n) is 67.6. The molecule has 40 heteroatoms. The monoisotopic (exact) mass is 1930 g/mol. The lowest BCUT2D eigenvalue weighted by atomic mass is 9.80. The number of rotatable bonds is 29. The Morgan fingerprint density at radius 3 is 1.13 bits per heavy atom. The van der Waals surface area contributed by atoms with Crippen LogP contribution >= 0.6 is 93.1 Å². The molecular formula is C80H90BBr3N20O9S4Si3. The Hall–Kier alpha value is -9.76. The number of thiazole rings is 4. The van der Waals surface area contributed by atoms with E-state index in [9.17, 15) is 19.2 Å². The SMILES string of the molecule is C[Si](C)(C)CCOCn1nc(Br)nc1-c1ccc(NC(=O)c2cscn2)cc1.C[Si](C)(C)CCOCn1nc(Br)nc1Br.Cc1cccc(-c2n[nH]c(-c3ccc(NC(=O)c4cscn4)cc3)n2)c1.Cc1cccc(-c2nc(-c3ccc(NC(=O)c4cscn4)cc3)n(COCC[Si](C)(C)C)n2)c1.O=C(Nc1ccc(B(O)O)cc1)c1cscn1. The first-order valence-electron chi connectivity index (χ1n) is 37.5. The van der Waals surface area contributed by atoms with E-state index in [2.05, 4.69) is 202 Å². The quantitative estimate of drug-likeness (QED) is 0.0169.